The zero-order valence-electron chi connectivity index (χ0n) is 16.5. The fourth-order valence-electron chi connectivity index (χ4n) is 3.78. The van der Waals surface area contributed by atoms with Gasteiger partial charge in [0.15, 0.2) is 17.3 Å². The Balaban J connectivity index is 1.27. The maximum atomic E-state index is 13.1. The average Bonchev–Trinajstić information content (AvgIpc) is 3.27. The molecule has 1 atom stereocenters. The molecule has 29 heavy (non-hydrogen) atoms. The van der Waals surface area contributed by atoms with E-state index in [0.717, 1.165) is 30.0 Å². The second-order valence-electron chi connectivity index (χ2n) is 8.13. The van der Waals surface area contributed by atoms with E-state index in [9.17, 15) is 9.59 Å². The summed E-state index contributed by atoms with van der Waals surface area (Å²) < 4.78 is 12.4. The van der Waals surface area contributed by atoms with Crippen molar-refractivity contribution in [2.75, 3.05) is 6.79 Å². The zero-order valence-corrected chi connectivity index (χ0v) is 16.5. The van der Waals surface area contributed by atoms with E-state index in [0.29, 0.717) is 30.3 Å². The van der Waals surface area contributed by atoms with Crippen LogP contribution in [0.25, 0.3) is 0 Å². The second-order valence-corrected chi connectivity index (χ2v) is 8.13. The van der Waals surface area contributed by atoms with Crippen LogP contribution in [0.1, 0.15) is 49.3 Å². The van der Waals surface area contributed by atoms with Crippen molar-refractivity contribution in [1.82, 2.24) is 25.0 Å². The minimum absolute atomic E-state index is 0.125. The van der Waals surface area contributed by atoms with E-state index >= 15 is 0 Å². The highest BCUT2D eigenvalue weighted by molar-refractivity contribution is 6.06. The molecule has 5 rings (SSSR count). The number of aryl methyl sites for hydroxylation is 2. The number of hydrogen-bond acceptors (Lipinski definition) is 6. The Bertz CT molecular complexity index is 999. The smallest absolute Gasteiger partial charge is 0.325 e. The summed E-state index contributed by atoms with van der Waals surface area (Å²) in [4.78, 5) is 31.4. The molecule has 3 heterocycles. The normalized spacial score (nSPS) is 23.0. The van der Waals surface area contributed by atoms with Gasteiger partial charge in [0.2, 0.25) is 6.79 Å². The number of carbonyl (C=O) groups is 2. The van der Waals surface area contributed by atoms with Crippen LogP contribution in [0.3, 0.4) is 0 Å². The van der Waals surface area contributed by atoms with E-state index < -0.39 is 5.54 Å². The van der Waals surface area contributed by atoms with E-state index in [1.165, 1.54) is 4.90 Å². The van der Waals surface area contributed by atoms with Crippen LogP contribution in [0.4, 0.5) is 4.79 Å². The molecule has 1 N–H and O–H groups in total. The first kappa shape index (κ1) is 18.0. The van der Waals surface area contributed by atoms with Crippen LogP contribution >= 0.6 is 0 Å². The van der Waals surface area contributed by atoms with Crippen molar-refractivity contribution in [3.8, 4) is 11.5 Å². The Kier molecular flexibility index (Phi) is 4.01. The van der Waals surface area contributed by atoms with Gasteiger partial charge in [-0.1, -0.05) is 6.07 Å². The maximum Gasteiger partial charge on any atom is 0.325 e. The topological polar surface area (TPSA) is 98.6 Å². The van der Waals surface area contributed by atoms with Gasteiger partial charge in [0.25, 0.3) is 5.91 Å². The minimum atomic E-state index is -0.953. The fourth-order valence-corrected chi connectivity index (χ4v) is 3.78. The number of imide groups is 1. The molecule has 1 aromatic heterocycles. The van der Waals surface area contributed by atoms with Gasteiger partial charge in [-0.3, -0.25) is 14.4 Å². The predicted octanol–water partition coefficient (Wildman–Crippen LogP) is 1.86. The summed E-state index contributed by atoms with van der Waals surface area (Å²) in [5.74, 6) is 3.05. The standard InChI is InChI=1S/C20H23N5O4/c1-20(8-7-12-3-6-14-15(9-12)29-11-28-14)18(26)25(19(27)22-20)10-16-21-17(13-4-5-13)23-24(16)2/h3,6,9,13H,4-5,7-8,10-11H2,1-2H3,(H,22,27). The molecule has 0 radical (unpaired) electrons. The van der Waals surface area contributed by atoms with Crippen molar-refractivity contribution in [2.24, 2.45) is 7.05 Å². The van der Waals surface area contributed by atoms with E-state index in [-0.39, 0.29) is 25.3 Å². The number of carbonyl (C=O) groups excluding carboxylic acids is 2. The summed E-state index contributed by atoms with van der Waals surface area (Å²) in [5.41, 5.74) is 0.0732. The third-order valence-electron chi connectivity index (χ3n) is 5.81. The van der Waals surface area contributed by atoms with Crippen LogP contribution < -0.4 is 14.8 Å². The largest absolute Gasteiger partial charge is 0.454 e. The highest BCUT2D eigenvalue weighted by atomic mass is 16.7. The molecule has 3 aliphatic rings. The van der Waals surface area contributed by atoms with E-state index in [2.05, 4.69) is 15.4 Å². The number of aromatic nitrogens is 3. The van der Waals surface area contributed by atoms with Crippen molar-refractivity contribution in [1.29, 1.82) is 0 Å². The third kappa shape index (κ3) is 3.20. The Morgan fingerprint density at radius 2 is 2.03 bits per heavy atom. The number of rotatable bonds is 6. The number of nitrogens with one attached hydrogen (secondary N) is 1. The van der Waals surface area contributed by atoms with Crippen LogP contribution in [0.15, 0.2) is 18.2 Å². The van der Waals surface area contributed by atoms with E-state index in [1.54, 1.807) is 18.7 Å². The molecule has 3 amide bonds. The Morgan fingerprint density at radius 1 is 1.24 bits per heavy atom. The molecule has 0 spiro atoms. The predicted molar refractivity (Wildman–Crippen MR) is 101 cm³/mol. The Labute approximate surface area is 168 Å². The number of nitrogens with zero attached hydrogens (tertiary/aromatic N) is 4. The molecular formula is C20H23N5O4. The SMILES string of the molecule is Cn1nc(C2CC2)nc1CN1C(=O)NC(C)(CCc2ccc3c(c2)OCO3)C1=O. The van der Waals surface area contributed by atoms with Gasteiger partial charge < -0.3 is 14.8 Å². The highest BCUT2D eigenvalue weighted by Gasteiger charge is 2.47. The van der Waals surface area contributed by atoms with Crippen LogP contribution in [0.5, 0.6) is 11.5 Å². The molecule has 1 saturated carbocycles. The van der Waals surface area contributed by atoms with Gasteiger partial charge in [-0.25, -0.2) is 9.78 Å². The Morgan fingerprint density at radius 3 is 2.83 bits per heavy atom. The lowest BCUT2D eigenvalue weighted by Crippen LogP contribution is -2.44. The number of hydrogen-bond donors (Lipinski definition) is 1. The first-order valence-electron chi connectivity index (χ1n) is 9.85. The lowest BCUT2D eigenvalue weighted by molar-refractivity contribution is -0.131. The van der Waals surface area contributed by atoms with Crippen LogP contribution in [-0.2, 0) is 24.8 Å². The van der Waals surface area contributed by atoms with Crippen LogP contribution in [-0.4, -0.2) is 43.9 Å². The molecule has 0 bridgehead atoms. The van der Waals surface area contributed by atoms with Crippen LogP contribution in [0, 0.1) is 0 Å². The van der Waals surface area contributed by atoms with Crippen molar-refractivity contribution < 1.29 is 19.1 Å². The molecule has 1 aromatic carbocycles. The first-order valence-corrected chi connectivity index (χ1v) is 9.85. The first-order chi connectivity index (χ1) is 13.9. The number of ether oxygens (including phenoxy) is 2. The maximum absolute atomic E-state index is 13.1. The van der Waals surface area contributed by atoms with Gasteiger partial charge in [-0.15, -0.1) is 0 Å². The highest BCUT2D eigenvalue weighted by Crippen LogP contribution is 2.38. The number of fused-ring (bicyclic) bond motifs is 1. The van der Waals surface area contributed by atoms with Crippen molar-refractivity contribution in [3.63, 3.8) is 0 Å². The molecule has 2 aromatic rings. The van der Waals surface area contributed by atoms with E-state index in [1.807, 2.05) is 18.2 Å². The lowest BCUT2D eigenvalue weighted by Gasteiger charge is -2.21. The lowest BCUT2D eigenvalue weighted by atomic mass is 9.93. The van der Waals surface area contributed by atoms with Gasteiger partial charge in [0, 0.05) is 13.0 Å². The second kappa shape index (κ2) is 6.47. The molecule has 1 aliphatic carbocycles. The molecule has 2 fully saturated rings. The van der Waals surface area contributed by atoms with Gasteiger partial charge >= 0.3 is 6.03 Å². The summed E-state index contributed by atoms with van der Waals surface area (Å²) in [6, 6.07) is 5.35. The molecule has 2 aliphatic heterocycles. The summed E-state index contributed by atoms with van der Waals surface area (Å²) >= 11 is 0. The molecule has 9 nitrogen and oxygen atoms in total. The van der Waals surface area contributed by atoms with Gasteiger partial charge in [-0.2, -0.15) is 5.10 Å². The van der Waals surface area contributed by atoms with Crippen molar-refractivity contribution >= 4 is 11.9 Å². The number of amides is 3. The van der Waals surface area contributed by atoms with Gasteiger partial charge in [0.05, 0.1) is 6.54 Å². The fraction of sp³-hybridized carbons (Fsp3) is 0.500. The molecule has 152 valence electrons. The summed E-state index contributed by atoms with van der Waals surface area (Å²) in [6.45, 7) is 2.12. The van der Waals surface area contributed by atoms with Gasteiger partial charge in [-0.05, 0) is 50.3 Å². The summed E-state index contributed by atoms with van der Waals surface area (Å²) in [6.07, 6.45) is 3.32. The Hall–Kier alpha value is -3.10. The average molecular weight is 397 g/mol. The minimum Gasteiger partial charge on any atom is -0.454 e. The van der Waals surface area contributed by atoms with Crippen LogP contribution in [0.2, 0.25) is 0 Å². The zero-order chi connectivity index (χ0) is 20.2. The van der Waals surface area contributed by atoms with E-state index in [4.69, 9.17) is 9.47 Å². The number of urea groups is 1. The molecule has 9 heteroatoms. The number of benzene rings is 1. The third-order valence-corrected chi connectivity index (χ3v) is 5.81. The van der Waals surface area contributed by atoms with Crippen molar-refractivity contribution in [2.45, 2.75) is 50.6 Å². The summed E-state index contributed by atoms with van der Waals surface area (Å²) in [7, 11) is 1.80. The monoisotopic (exact) mass is 397 g/mol. The van der Waals surface area contributed by atoms with Gasteiger partial charge in [0.1, 0.15) is 11.4 Å². The summed E-state index contributed by atoms with van der Waals surface area (Å²) in [5, 5.41) is 7.28. The quantitative estimate of drug-likeness (QED) is 0.747. The molecule has 1 unspecified atom stereocenters. The van der Waals surface area contributed by atoms with Crippen molar-refractivity contribution in [3.05, 3.63) is 35.4 Å². The molecule has 1 saturated heterocycles. The molecular weight excluding hydrogens is 374 g/mol.